The van der Waals surface area contributed by atoms with E-state index in [1.54, 1.807) is 0 Å². The quantitative estimate of drug-likeness (QED) is 0.829. The van der Waals surface area contributed by atoms with Gasteiger partial charge in [0.05, 0.1) is 0 Å². The van der Waals surface area contributed by atoms with Gasteiger partial charge in [-0.25, -0.2) is 9.97 Å². The molecule has 3 nitrogen and oxygen atoms in total. The minimum absolute atomic E-state index is 0.381. The highest BCUT2D eigenvalue weighted by molar-refractivity contribution is 5.46. The van der Waals surface area contributed by atoms with Crippen LogP contribution in [0.15, 0.2) is 0 Å². The van der Waals surface area contributed by atoms with E-state index in [-0.39, 0.29) is 0 Å². The number of hydrogen-bond acceptors (Lipinski definition) is 3. The first-order valence-corrected chi connectivity index (χ1v) is 6.21. The van der Waals surface area contributed by atoms with E-state index in [9.17, 15) is 0 Å². The Balaban J connectivity index is 3.09. The van der Waals surface area contributed by atoms with E-state index < -0.39 is 0 Å². The maximum atomic E-state index is 4.62. The van der Waals surface area contributed by atoms with Crippen LogP contribution >= 0.6 is 0 Å². The molecule has 1 aromatic rings. The van der Waals surface area contributed by atoms with Gasteiger partial charge in [-0.15, -0.1) is 0 Å². The Morgan fingerprint density at radius 2 is 1.88 bits per heavy atom. The van der Waals surface area contributed by atoms with Crippen molar-refractivity contribution in [2.75, 3.05) is 11.9 Å². The van der Waals surface area contributed by atoms with Gasteiger partial charge >= 0.3 is 0 Å². The predicted octanol–water partition coefficient (Wildman–Crippen LogP) is 3.29. The average molecular weight is 221 g/mol. The minimum Gasteiger partial charge on any atom is -0.370 e. The summed E-state index contributed by atoms with van der Waals surface area (Å²) < 4.78 is 0. The van der Waals surface area contributed by atoms with Crippen LogP contribution in [0.4, 0.5) is 5.82 Å². The summed E-state index contributed by atoms with van der Waals surface area (Å²) >= 11 is 0. The number of hydrogen-bond donors (Lipinski definition) is 1. The maximum absolute atomic E-state index is 4.62. The van der Waals surface area contributed by atoms with Gasteiger partial charge in [-0.05, 0) is 19.8 Å². The van der Waals surface area contributed by atoms with Crippen LogP contribution in [0, 0.1) is 6.92 Å². The average Bonchev–Trinajstić information content (AvgIpc) is 2.25. The van der Waals surface area contributed by atoms with Gasteiger partial charge in [0.2, 0.25) is 0 Å². The number of aromatic nitrogens is 2. The molecule has 0 unspecified atom stereocenters. The van der Waals surface area contributed by atoms with Gasteiger partial charge in [-0.3, -0.25) is 0 Å². The molecule has 16 heavy (non-hydrogen) atoms. The topological polar surface area (TPSA) is 37.8 Å². The molecular weight excluding hydrogens is 198 g/mol. The Labute approximate surface area is 98.7 Å². The van der Waals surface area contributed by atoms with Gasteiger partial charge in [-0.1, -0.05) is 27.7 Å². The molecule has 1 rings (SSSR count). The zero-order valence-electron chi connectivity index (χ0n) is 11.1. The molecular formula is C13H23N3. The van der Waals surface area contributed by atoms with Gasteiger partial charge in [0.1, 0.15) is 11.6 Å². The Morgan fingerprint density at radius 1 is 1.19 bits per heavy atom. The molecule has 1 heterocycles. The molecule has 0 spiro atoms. The molecule has 0 saturated heterocycles. The summed E-state index contributed by atoms with van der Waals surface area (Å²) in [6, 6.07) is 0. The first-order valence-electron chi connectivity index (χ1n) is 6.21. The van der Waals surface area contributed by atoms with Crippen molar-refractivity contribution in [2.45, 2.75) is 53.4 Å². The molecule has 0 aliphatic heterocycles. The standard InChI is InChI=1S/C13H23N3/c1-6-8-14-13-11(7-2)10(5)15-12(16-13)9(3)4/h9H,6-8H2,1-5H3,(H,14,15,16). The molecule has 1 aromatic heterocycles. The second kappa shape index (κ2) is 5.83. The Bertz CT molecular complexity index is 345. The highest BCUT2D eigenvalue weighted by atomic mass is 15.0. The van der Waals surface area contributed by atoms with Crippen molar-refractivity contribution >= 4 is 5.82 Å². The van der Waals surface area contributed by atoms with Crippen molar-refractivity contribution < 1.29 is 0 Å². The maximum Gasteiger partial charge on any atom is 0.133 e. The second-order valence-corrected chi connectivity index (χ2v) is 4.43. The molecule has 1 N–H and O–H groups in total. The van der Waals surface area contributed by atoms with Crippen LogP contribution in [-0.4, -0.2) is 16.5 Å². The Morgan fingerprint density at radius 3 is 2.38 bits per heavy atom. The van der Waals surface area contributed by atoms with E-state index in [2.05, 4.69) is 49.9 Å². The first-order chi connectivity index (χ1) is 7.60. The van der Waals surface area contributed by atoms with Gasteiger partial charge in [0, 0.05) is 23.7 Å². The summed E-state index contributed by atoms with van der Waals surface area (Å²) in [4.78, 5) is 9.18. The molecule has 0 saturated carbocycles. The fraction of sp³-hybridized carbons (Fsp3) is 0.692. The van der Waals surface area contributed by atoms with E-state index in [1.807, 2.05) is 0 Å². The molecule has 0 bridgehead atoms. The molecule has 0 aromatic carbocycles. The molecule has 0 fully saturated rings. The van der Waals surface area contributed by atoms with Crippen LogP contribution in [0.25, 0.3) is 0 Å². The summed E-state index contributed by atoms with van der Waals surface area (Å²) in [5.74, 6) is 2.35. The van der Waals surface area contributed by atoms with Gasteiger partial charge in [-0.2, -0.15) is 0 Å². The molecule has 0 aliphatic carbocycles. The lowest BCUT2D eigenvalue weighted by molar-refractivity contribution is 0.758. The largest absolute Gasteiger partial charge is 0.370 e. The van der Waals surface area contributed by atoms with E-state index in [4.69, 9.17) is 0 Å². The number of aryl methyl sites for hydroxylation is 1. The van der Waals surface area contributed by atoms with Crippen LogP contribution in [0.5, 0.6) is 0 Å². The lowest BCUT2D eigenvalue weighted by Gasteiger charge is -2.14. The highest BCUT2D eigenvalue weighted by Gasteiger charge is 2.11. The van der Waals surface area contributed by atoms with Crippen molar-refractivity contribution in [3.05, 3.63) is 17.1 Å². The Hall–Kier alpha value is -1.12. The van der Waals surface area contributed by atoms with Crippen molar-refractivity contribution in [1.29, 1.82) is 0 Å². The number of anilines is 1. The van der Waals surface area contributed by atoms with Crippen molar-refractivity contribution in [3.63, 3.8) is 0 Å². The third kappa shape index (κ3) is 2.94. The van der Waals surface area contributed by atoms with Crippen molar-refractivity contribution in [3.8, 4) is 0 Å². The van der Waals surface area contributed by atoms with E-state index >= 15 is 0 Å². The molecule has 0 aliphatic rings. The van der Waals surface area contributed by atoms with Crippen LogP contribution < -0.4 is 5.32 Å². The van der Waals surface area contributed by atoms with Crippen molar-refractivity contribution in [1.82, 2.24) is 9.97 Å². The number of nitrogens with zero attached hydrogens (tertiary/aromatic N) is 2. The zero-order valence-corrected chi connectivity index (χ0v) is 11.1. The molecule has 90 valence electrons. The summed E-state index contributed by atoms with van der Waals surface area (Å²) in [7, 11) is 0. The van der Waals surface area contributed by atoms with Crippen LogP contribution in [0.2, 0.25) is 0 Å². The van der Waals surface area contributed by atoms with Gasteiger partial charge in [0.15, 0.2) is 0 Å². The monoisotopic (exact) mass is 221 g/mol. The first kappa shape index (κ1) is 12.9. The molecule has 0 atom stereocenters. The van der Waals surface area contributed by atoms with Gasteiger partial charge in [0.25, 0.3) is 0 Å². The fourth-order valence-electron chi connectivity index (χ4n) is 1.69. The third-order valence-electron chi connectivity index (χ3n) is 2.64. The summed E-state index contributed by atoms with van der Waals surface area (Å²) in [5, 5.41) is 3.40. The predicted molar refractivity (Wildman–Crippen MR) is 69.0 cm³/mol. The highest BCUT2D eigenvalue weighted by Crippen LogP contribution is 2.20. The summed E-state index contributed by atoms with van der Waals surface area (Å²) in [6.45, 7) is 11.6. The van der Waals surface area contributed by atoms with Crippen LogP contribution in [0.1, 0.15) is 57.1 Å². The van der Waals surface area contributed by atoms with E-state index in [0.717, 1.165) is 36.7 Å². The second-order valence-electron chi connectivity index (χ2n) is 4.43. The van der Waals surface area contributed by atoms with Crippen LogP contribution in [-0.2, 0) is 6.42 Å². The van der Waals surface area contributed by atoms with E-state index in [0.29, 0.717) is 5.92 Å². The summed E-state index contributed by atoms with van der Waals surface area (Å²) in [6.07, 6.45) is 2.10. The lowest BCUT2D eigenvalue weighted by atomic mass is 10.1. The normalized spacial score (nSPS) is 10.9. The number of nitrogens with one attached hydrogen (secondary N) is 1. The van der Waals surface area contributed by atoms with E-state index in [1.165, 1.54) is 5.56 Å². The number of rotatable bonds is 5. The summed E-state index contributed by atoms with van der Waals surface area (Å²) in [5.41, 5.74) is 2.36. The minimum atomic E-state index is 0.381. The lowest BCUT2D eigenvalue weighted by Crippen LogP contribution is -2.11. The van der Waals surface area contributed by atoms with Crippen molar-refractivity contribution in [2.24, 2.45) is 0 Å². The molecule has 0 amide bonds. The van der Waals surface area contributed by atoms with Crippen LogP contribution in [0.3, 0.4) is 0 Å². The molecule has 0 radical (unpaired) electrons. The fourth-order valence-corrected chi connectivity index (χ4v) is 1.69. The van der Waals surface area contributed by atoms with Gasteiger partial charge < -0.3 is 5.32 Å². The third-order valence-corrected chi connectivity index (χ3v) is 2.64. The zero-order chi connectivity index (χ0) is 12.1. The smallest absolute Gasteiger partial charge is 0.133 e. The molecule has 3 heteroatoms. The SMILES string of the molecule is CCCNc1nc(C(C)C)nc(C)c1CC. The Kier molecular flexibility index (Phi) is 4.71.